The van der Waals surface area contributed by atoms with Crippen LogP contribution in [-0.2, 0) is 55.4 Å². The molecule has 0 unspecified atom stereocenters. The summed E-state index contributed by atoms with van der Waals surface area (Å²) in [5, 5.41) is 0. The quantitative estimate of drug-likeness (QED) is 0.527. The molecule has 4 heavy (non-hydrogen) atoms. The molecule has 0 rings (SSSR count). The summed E-state index contributed by atoms with van der Waals surface area (Å²) in [7, 11) is 0. The van der Waals surface area contributed by atoms with Gasteiger partial charge in [0.15, 0.2) is 0 Å². The molecule has 4 radical (unpaired) electrons. The van der Waals surface area contributed by atoms with Gasteiger partial charge in [0, 0.05) is 72.7 Å². The summed E-state index contributed by atoms with van der Waals surface area (Å²) >= 11 is 0. The second kappa shape index (κ2) is 18.7. The van der Waals surface area contributed by atoms with E-state index in [4.69, 9.17) is 0 Å². The molecule has 4 heteroatoms. The Labute approximate surface area is 72.0 Å². The van der Waals surface area contributed by atoms with E-state index in [9.17, 15) is 0 Å². The smallest absolute Gasteiger partial charge is 0 e. The third-order valence-electron chi connectivity index (χ3n) is 0. The predicted octanol–water partition coefficient (Wildman–Crippen LogP) is -0.388. The molecule has 0 heterocycles. The molecule has 0 aliphatic rings. The van der Waals surface area contributed by atoms with Crippen molar-refractivity contribution in [2.75, 3.05) is 0 Å². The van der Waals surface area contributed by atoms with E-state index in [1.54, 1.807) is 0 Å². The van der Waals surface area contributed by atoms with Crippen LogP contribution in [0.25, 0.3) is 0 Å². The Morgan fingerprint density at radius 2 is 0.750 bits per heavy atom. The van der Waals surface area contributed by atoms with Gasteiger partial charge in [-0.1, -0.05) is 0 Å². The van der Waals surface area contributed by atoms with Crippen LogP contribution in [0.2, 0.25) is 0 Å². The fourth-order valence-corrected chi connectivity index (χ4v) is 0. The first kappa shape index (κ1) is 33.9. The molecule has 0 N–H and O–H groups in total. The topological polar surface area (TPSA) is 0 Å². The van der Waals surface area contributed by atoms with Crippen LogP contribution in [0.1, 0.15) is 0 Å². The summed E-state index contributed by atoms with van der Waals surface area (Å²) in [6.45, 7) is 0. The van der Waals surface area contributed by atoms with Gasteiger partial charge in [-0.25, -0.2) is 0 Å². The van der Waals surface area contributed by atoms with Crippen LogP contribution in [-0.4, -0.2) is 17.4 Å². The van der Waals surface area contributed by atoms with Crippen LogP contribution >= 0.6 is 0 Å². The summed E-state index contributed by atoms with van der Waals surface area (Å²) in [6, 6.07) is 0. The van der Waals surface area contributed by atoms with Gasteiger partial charge >= 0.3 is 0 Å². The zero-order chi connectivity index (χ0) is 0. The first-order valence-electron chi connectivity index (χ1n) is 0. The molecule has 0 aromatic heterocycles. The average Bonchev–Trinajstić information content (AvgIpc) is 0. The van der Waals surface area contributed by atoms with E-state index in [0.29, 0.717) is 0 Å². The van der Waals surface area contributed by atoms with E-state index in [0.717, 1.165) is 0 Å². The molecule has 0 saturated carbocycles. The Bertz CT molecular complexity index is 6.00. The zero-order valence-corrected chi connectivity index (χ0v) is 6.81. The van der Waals surface area contributed by atoms with Gasteiger partial charge in [-0.05, 0) is 0 Å². The van der Waals surface area contributed by atoms with E-state index >= 15 is 0 Å². The van der Waals surface area contributed by atoms with Gasteiger partial charge in [0.2, 0.25) is 0 Å². The third kappa shape index (κ3) is 8.86. The van der Waals surface area contributed by atoms with Crippen molar-refractivity contribution in [1.82, 2.24) is 0 Å². The Hall–Kier alpha value is 2.26. The molecular formula is AlAuNi2. The SMILES string of the molecule is [Al].[Au].[Ni].[Ni]. The Kier molecular flexibility index (Phi) is 158. The van der Waals surface area contributed by atoms with E-state index in [-0.39, 0.29) is 72.7 Å². The molecule has 0 aliphatic heterocycles. The molecule has 0 saturated heterocycles. The van der Waals surface area contributed by atoms with Crippen molar-refractivity contribution in [3.63, 3.8) is 0 Å². The summed E-state index contributed by atoms with van der Waals surface area (Å²) in [6.07, 6.45) is 0. The van der Waals surface area contributed by atoms with Crippen molar-refractivity contribution in [2.45, 2.75) is 0 Å². The van der Waals surface area contributed by atoms with Crippen LogP contribution in [0, 0.1) is 0 Å². The normalized spacial score (nSPS) is 0. The third-order valence-corrected chi connectivity index (χ3v) is 0. The molecule has 0 bridgehead atoms. The van der Waals surface area contributed by atoms with E-state index in [1.807, 2.05) is 0 Å². The summed E-state index contributed by atoms with van der Waals surface area (Å²) in [4.78, 5) is 0. The number of hydrogen-bond donors (Lipinski definition) is 0. The summed E-state index contributed by atoms with van der Waals surface area (Å²) in [5.41, 5.74) is 0. The van der Waals surface area contributed by atoms with Gasteiger partial charge in [-0.15, -0.1) is 0 Å². The van der Waals surface area contributed by atoms with E-state index in [1.165, 1.54) is 0 Å². The van der Waals surface area contributed by atoms with Gasteiger partial charge in [0.1, 0.15) is 0 Å². The predicted molar refractivity (Wildman–Crippen MR) is 5.75 cm³/mol. The molecule has 0 amide bonds. The van der Waals surface area contributed by atoms with E-state index < -0.39 is 0 Å². The number of rotatable bonds is 0. The molecule has 0 atom stereocenters. The summed E-state index contributed by atoms with van der Waals surface area (Å²) < 4.78 is 0. The molecular weight excluding hydrogens is 341 g/mol. The maximum atomic E-state index is 0. The van der Waals surface area contributed by atoms with Crippen LogP contribution in [0.5, 0.6) is 0 Å². The molecule has 0 aromatic rings. The molecule has 0 aromatic carbocycles. The van der Waals surface area contributed by atoms with Crippen LogP contribution < -0.4 is 0 Å². The van der Waals surface area contributed by atoms with Crippen LogP contribution in [0.4, 0.5) is 0 Å². The Morgan fingerprint density at radius 3 is 0.750 bits per heavy atom. The Morgan fingerprint density at radius 1 is 0.750 bits per heavy atom. The first-order valence-corrected chi connectivity index (χ1v) is 0. The van der Waals surface area contributed by atoms with Gasteiger partial charge in [0.25, 0.3) is 0 Å². The van der Waals surface area contributed by atoms with Gasteiger partial charge in [-0.3, -0.25) is 0 Å². The Balaban J connectivity index is 0. The molecule has 0 aliphatic carbocycles. The monoisotopic (exact) mass is 340 g/mol. The second-order valence-electron chi connectivity index (χ2n) is 0. The standard InChI is InChI=1S/Al.Au.2Ni. The largest absolute Gasteiger partial charge is 0 e. The average molecular weight is 341 g/mol. The minimum absolute atomic E-state index is 0. The molecule has 0 spiro atoms. The zero-order valence-electron chi connectivity index (χ0n) is 1.51. The van der Waals surface area contributed by atoms with Crippen LogP contribution in [0.15, 0.2) is 0 Å². The fraction of sp³-hybridized carbons (Fsp3) is 0. The molecule has 0 nitrogen and oxygen atoms in total. The minimum atomic E-state index is 0. The number of hydrogen-bond acceptors (Lipinski definition) is 0. The van der Waals surface area contributed by atoms with Crippen molar-refractivity contribution in [3.05, 3.63) is 0 Å². The fourth-order valence-electron chi connectivity index (χ4n) is 0. The van der Waals surface area contributed by atoms with Crippen molar-refractivity contribution < 1.29 is 55.4 Å². The van der Waals surface area contributed by atoms with Gasteiger partial charge in [-0.2, -0.15) is 0 Å². The molecule has 0 fully saturated rings. The maximum Gasteiger partial charge on any atom is 0 e. The van der Waals surface area contributed by atoms with Crippen LogP contribution in [0.3, 0.4) is 0 Å². The second-order valence-corrected chi connectivity index (χ2v) is 0. The van der Waals surface area contributed by atoms with E-state index in [2.05, 4.69) is 0 Å². The minimum Gasteiger partial charge on any atom is 0 e. The van der Waals surface area contributed by atoms with Crippen molar-refractivity contribution in [2.24, 2.45) is 0 Å². The summed E-state index contributed by atoms with van der Waals surface area (Å²) in [5.74, 6) is 0. The van der Waals surface area contributed by atoms with Crippen molar-refractivity contribution >= 4 is 17.4 Å². The van der Waals surface area contributed by atoms with Gasteiger partial charge < -0.3 is 0 Å². The first-order chi connectivity index (χ1) is 0. The van der Waals surface area contributed by atoms with Crippen molar-refractivity contribution in [1.29, 1.82) is 0 Å². The van der Waals surface area contributed by atoms with Gasteiger partial charge in [0.05, 0.1) is 0 Å². The maximum absolute atomic E-state index is 0. The molecule has 34 valence electrons. The van der Waals surface area contributed by atoms with Crippen molar-refractivity contribution in [3.8, 4) is 0 Å².